The highest BCUT2D eigenvalue weighted by Gasteiger charge is 2.17. The quantitative estimate of drug-likeness (QED) is 0.825. The lowest BCUT2D eigenvalue weighted by Gasteiger charge is -2.13. The maximum Gasteiger partial charge on any atom is 0.229 e. The Morgan fingerprint density at radius 3 is 2.50 bits per heavy atom. The number of thiazole rings is 1. The van der Waals surface area contributed by atoms with Gasteiger partial charge in [-0.2, -0.15) is 0 Å². The van der Waals surface area contributed by atoms with E-state index in [0.29, 0.717) is 0 Å². The van der Waals surface area contributed by atoms with Gasteiger partial charge in [-0.3, -0.25) is 4.79 Å². The Balaban J connectivity index is 2.54. The molecule has 1 amide bonds. The van der Waals surface area contributed by atoms with Crippen molar-refractivity contribution >= 4 is 22.4 Å². The highest BCUT2D eigenvalue weighted by Crippen LogP contribution is 2.19. The van der Waals surface area contributed by atoms with Crippen LogP contribution in [0.5, 0.6) is 0 Å². The molecule has 0 aliphatic heterocycles. The van der Waals surface area contributed by atoms with E-state index in [4.69, 9.17) is 0 Å². The van der Waals surface area contributed by atoms with E-state index in [0.717, 1.165) is 36.5 Å². The summed E-state index contributed by atoms with van der Waals surface area (Å²) in [5.74, 6) is 0.261. The Morgan fingerprint density at radius 1 is 1.44 bits per heavy atom. The highest BCUT2D eigenvalue weighted by molar-refractivity contribution is 7.13. The number of hydrogen-bond donors (Lipinski definition) is 1. The molecular weight excluding hydrogens is 220 g/mol. The molecule has 90 valence electrons. The minimum absolute atomic E-state index is 0.123. The number of aromatic nitrogens is 1. The summed E-state index contributed by atoms with van der Waals surface area (Å²) >= 11 is 1.49. The highest BCUT2D eigenvalue weighted by atomic mass is 32.1. The third-order valence-corrected chi connectivity index (χ3v) is 3.37. The van der Waals surface area contributed by atoms with Crippen LogP contribution in [-0.4, -0.2) is 10.9 Å². The fourth-order valence-corrected chi connectivity index (χ4v) is 2.41. The predicted octanol–water partition coefficient (Wildman–Crippen LogP) is 3.61. The normalized spacial score (nSPS) is 10.8. The van der Waals surface area contributed by atoms with Crippen molar-refractivity contribution in [2.24, 2.45) is 5.92 Å². The van der Waals surface area contributed by atoms with Crippen molar-refractivity contribution in [1.29, 1.82) is 0 Å². The zero-order valence-electron chi connectivity index (χ0n) is 10.2. The van der Waals surface area contributed by atoms with Crippen molar-refractivity contribution < 1.29 is 4.79 Å². The molecule has 3 nitrogen and oxygen atoms in total. The summed E-state index contributed by atoms with van der Waals surface area (Å²) in [4.78, 5) is 16.2. The Hall–Kier alpha value is -0.900. The van der Waals surface area contributed by atoms with Crippen molar-refractivity contribution in [2.45, 2.75) is 46.5 Å². The van der Waals surface area contributed by atoms with Gasteiger partial charge in [0.2, 0.25) is 5.91 Å². The van der Waals surface area contributed by atoms with Gasteiger partial charge in [0.15, 0.2) is 5.13 Å². The summed E-state index contributed by atoms with van der Waals surface area (Å²) in [5.41, 5.74) is 0.961. The summed E-state index contributed by atoms with van der Waals surface area (Å²) in [5, 5.41) is 5.57. The minimum atomic E-state index is 0.123. The lowest BCUT2D eigenvalue weighted by Crippen LogP contribution is -2.22. The van der Waals surface area contributed by atoms with E-state index in [-0.39, 0.29) is 11.8 Å². The molecule has 1 heterocycles. The van der Waals surface area contributed by atoms with Crippen LogP contribution in [-0.2, 0) is 4.79 Å². The topological polar surface area (TPSA) is 42.0 Å². The molecule has 0 aliphatic rings. The molecule has 0 spiro atoms. The average Bonchev–Trinajstić information content (AvgIpc) is 2.63. The molecule has 1 aromatic rings. The van der Waals surface area contributed by atoms with E-state index in [1.165, 1.54) is 11.3 Å². The first-order valence-corrected chi connectivity index (χ1v) is 6.78. The van der Waals surface area contributed by atoms with Crippen LogP contribution in [0.4, 0.5) is 5.13 Å². The smallest absolute Gasteiger partial charge is 0.229 e. The summed E-state index contributed by atoms with van der Waals surface area (Å²) in [6, 6.07) is 0. The molecule has 16 heavy (non-hydrogen) atoms. The monoisotopic (exact) mass is 240 g/mol. The van der Waals surface area contributed by atoms with Crippen molar-refractivity contribution in [3.05, 3.63) is 11.1 Å². The fourth-order valence-electron chi connectivity index (χ4n) is 1.72. The molecule has 1 rings (SSSR count). The predicted molar refractivity (Wildman–Crippen MR) is 68.8 cm³/mol. The van der Waals surface area contributed by atoms with Gasteiger partial charge in [0.1, 0.15) is 0 Å². The molecule has 0 atom stereocenters. The van der Waals surface area contributed by atoms with Gasteiger partial charge in [0.05, 0.1) is 5.69 Å². The van der Waals surface area contributed by atoms with E-state index in [2.05, 4.69) is 24.1 Å². The van der Waals surface area contributed by atoms with Gasteiger partial charge < -0.3 is 5.32 Å². The number of aryl methyl sites for hydroxylation is 1. The average molecular weight is 240 g/mol. The molecule has 0 radical (unpaired) electrons. The lowest BCUT2D eigenvalue weighted by atomic mass is 9.97. The van der Waals surface area contributed by atoms with Gasteiger partial charge in [-0.15, -0.1) is 11.3 Å². The molecule has 4 heteroatoms. The standard InChI is InChI=1S/C12H20N2OS/c1-4-6-10(7-5-2)11(15)14-12-13-9(3)8-16-12/h8,10H,4-7H2,1-3H3,(H,13,14,15). The Kier molecular flexibility index (Phi) is 5.46. The van der Waals surface area contributed by atoms with Crippen LogP contribution in [0.1, 0.15) is 45.2 Å². The molecule has 1 aromatic heterocycles. The second-order valence-electron chi connectivity index (χ2n) is 4.06. The summed E-state index contributed by atoms with van der Waals surface area (Å²) in [6.45, 7) is 6.16. The van der Waals surface area contributed by atoms with Crippen LogP contribution in [0.3, 0.4) is 0 Å². The minimum Gasteiger partial charge on any atom is -0.302 e. The lowest BCUT2D eigenvalue weighted by molar-refractivity contribution is -0.120. The maximum atomic E-state index is 12.0. The number of rotatable bonds is 6. The molecule has 0 bridgehead atoms. The van der Waals surface area contributed by atoms with Gasteiger partial charge in [0.25, 0.3) is 0 Å². The molecule has 0 saturated heterocycles. The largest absolute Gasteiger partial charge is 0.302 e. The Bertz CT molecular complexity index is 330. The number of hydrogen-bond acceptors (Lipinski definition) is 3. The molecule has 1 N–H and O–H groups in total. The summed E-state index contributed by atoms with van der Waals surface area (Å²) < 4.78 is 0. The van der Waals surface area contributed by atoms with Crippen LogP contribution in [0.25, 0.3) is 0 Å². The molecule has 0 unspecified atom stereocenters. The summed E-state index contributed by atoms with van der Waals surface area (Å²) in [6.07, 6.45) is 4.03. The van der Waals surface area contributed by atoms with Gasteiger partial charge in [-0.05, 0) is 19.8 Å². The first kappa shape index (κ1) is 13.2. The Morgan fingerprint density at radius 2 is 2.06 bits per heavy atom. The first-order chi connectivity index (χ1) is 7.67. The van der Waals surface area contributed by atoms with E-state index in [1.54, 1.807) is 0 Å². The molecular formula is C12H20N2OS. The SMILES string of the molecule is CCCC(CCC)C(=O)Nc1nc(C)cs1. The van der Waals surface area contributed by atoms with E-state index in [1.807, 2.05) is 12.3 Å². The number of anilines is 1. The number of carbonyl (C=O) groups is 1. The Labute approximate surface area is 101 Å². The number of nitrogens with one attached hydrogen (secondary N) is 1. The third kappa shape index (κ3) is 3.93. The zero-order valence-corrected chi connectivity index (χ0v) is 11.1. The van der Waals surface area contributed by atoms with Gasteiger partial charge in [-0.1, -0.05) is 26.7 Å². The van der Waals surface area contributed by atoms with Gasteiger partial charge in [-0.25, -0.2) is 4.98 Å². The third-order valence-electron chi connectivity index (χ3n) is 2.49. The molecule has 0 aliphatic carbocycles. The zero-order chi connectivity index (χ0) is 12.0. The molecule has 0 aromatic carbocycles. The number of nitrogens with zero attached hydrogens (tertiary/aromatic N) is 1. The van der Waals surface area contributed by atoms with E-state index < -0.39 is 0 Å². The second kappa shape index (κ2) is 6.63. The van der Waals surface area contributed by atoms with Gasteiger partial charge in [0, 0.05) is 11.3 Å². The van der Waals surface area contributed by atoms with Crippen LogP contribution >= 0.6 is 11.3 Å². The number of amides is 1. The van der Waals surface area contributed by atoms with Crippen molar-refractivity contribution in [2.75, 3.05) is 5.32 Å². The van der Waals surface area contributed by atoms with Gasteiger partial charge >= 0.3 is 0 Å². The van der Waals surface area contributed by atoms with Crippen molar-refractivity contribution in [1.82, 2.24) is 4.98 Å². The van der Waals surface area contributed by atoms with Crippen LogP contribution < -0.4 is 5.32 Å². The maximum absolute atomic E-state index is 12.0. The molecule has 0 saturated carbocycles. The van der Waals surface area contributed by atoms with Crippen LogP contribution in [0.2, 0.25) is 0 Å². The second-order valence-corrected chi connectivity index (χ2v) is 4.92. The fraction of sp³-hybridized carbons (Fsp3) is 0.667. The number of carbonyl (C=O) groups excluding carboxylic acids is 1. The van der Waals surface area contributed by atoms with Crippen molar-refractivity contribution in [3.8, 4) is 0 Å². The van der Waals surface area contributed by atoms with Crippen LogP contribution in [0.15, 0.2) is 5.38 Å². The van der Waals surface area contributed by atoms with E-state index in [9.17, 15) is 4.79 Å². The van der Waals surface area contributed by atoms with Crippen LogP contribution in [0, 0.1) is 12.8 Å². The summed E-state index contributed by atoms with van der Waals surface area (Å²) in [7, 11) is 0. The molecule has 0 fully saturated rings. The first-order valence-electron chi connectivity index (χ1n) is 5.90. The van der Waals surface area contributed by atoms with E-state index >= 15 is 0 Å². The van der Waals surface area contributed by atoms with Crippen molar-refractivity contribution in [3.63, 3.8) is 0 Å².